The van der Waals surface area contributed by atoms with Crippen LogP contribution in [0.5, 0.6) is 0 Å². The Morgan fingerprint density at radius 1 is 0.356 bits per heavy atom. The molecule has 6 heteroatoms. The Balaban J connectivity index is 4.33. The quantitative estimate of drug-likeness (QED) is 0.0200. The fourth-order valence-electron chi connectivity index (χ4n) is 6.87. The normalized spacial score (nSPS) is 12.5. The maximum atomic E-state index is 12.7. The molecular weight excluding hydrogens is 733 g/mol. The van der Waals surface area contributed by atoms with Crippen LogP contribution in [0, 0.1) is 0 Å². The van der Waals surface area contributed by atoms with E-state index in [1.165, 1.54) is 128 Å². The van der Waals surface area contributed by atoms with E-state index in [1.807, 2.05) is 36.5 Å². The van der Waals surface area contributed by atoms with Gasteiger partial charge in [-0.1, -0.05) is 223 Å². The predicted octanol–water partition coefficient (Wildman–Crippen LogP) is 16.1. The van der Waals surface area contributed by atoms with Crippen molar-refractivity contribution < 1.29 is 28.6 Å². The van der Waals surface area contributed by atoms with Crippen LogP contribution in [0.25, 0.3) is 0 Å². The van der Waals surface area contributed by atoms with Crippen molar-refractivity contribution in [3.8, 4) is 0 Å². The van der Waals surface area contributed by atoms with Gasteiger partial charge in [-0.05, 0) is 57.8 Å². The Morgan fingerprint density at radius 3 is 1.17 bits per heavy atom. The first kappa shape index (κ1) is 56.1. The van der Waals surface area contributed by atoms with Gasteiger partial charge in [-0.25, -0.2) is 0 Å². The molecule has 0 aliphatic rings. The largest absolute Gasteiger partial charge is 0.462 e. The first-order valence-corrected chi connectivity index (χ1v) is 24.8. The zero-order chi connectivity index (χ0) is 43.0. The van der Waals surface area contributed by atoms with Crippen molar-refractivity contribution >= 4 is 17.9 Å². The van der Waals surface area contributed by atoms with Gasteiger partial charge >= 0.3 is 17.9 Å². The summed E-state index contributed by atoms with van der Waals surface area (Å²) < 4.78 is 16.7. The average Bonchev–Trinajstić information content (AvgIpc) is 3.23. The van der Waals surface area contributed by atoms with Crippen LogP contribution in [0.2, 0.25) is 0 Å². The number of allylic oxidation sites excluding steroid dienone is 10. The van der Waals surface area contributed by atoms with Gasteiger partial charge in [0.25, 0.3) is 0 Å². The van der Waals surface area contributed by atoms with Gasteiger partial charge in [-0.2, -0.15) is 0 Å². The third-order valence-corrected chi connectivity index (χ3v) is 10.6. The monoisotopic (exact) mass is 825 g/mol. The molecule has 0 N–H and O–H groups in total. The molecule has 0 fully saturated rings. The molecule has 0 radical (unpaired) electrons. The smallest absolute Gasteiger partial charge is 0.306 e. The average molecular weight is 825 g/mol. The number of hydrogen-bond acceptors (Lipinski definition) is 6. The number of esters is 3. The molecule has 1 unspecified atom stereocenters. The molecule has 59 heavy (non-hydrogen) atoms. The van der Waals surface area contributed by atoms with Crippen molar-refractivity contribution in [2.24, 2.45) is 0 Å². The molecule has 0 aromatic heterocycles. The minimum atomic E-state index is -0.801. The van der Waals surface area contributed by atoms with Gasteiger partial charge in [-0.15, -0.1) is 0 Å². The molecule has 0 amide bonds. The molecule has 0 rings (SSSR count). The Hall–Kier alpha value is -2.89. The van der Waals surface area contributed by atoms with Crippen LogP contribution in [-0.2, 0) is 28.6 Å². The van der Waals surface area contributed by atoms with Gasteiger partial charge in [0.05, 0.1) is 0 Å². The Kier molecular flexibility index (Phi) is 45.4. The maximum Gasteiger partial charge on any atom is 0.306 e. The second-order valence-electron chi connectivity index (χ2n) is 16.4. The van der Waals surface area contributed by atoms with E-state index in [0.29, 0.717) is 25.7 Å². The standard InChI is InChI=1S/C53H92O6/c1-4-7-10-13-16-19-21-23-24-25-26-27-28-30-31-34-37-40-43-46-52(55)58-49-50(48-57-51(54)45-42-39-36-33-18-15-12-9-6-3)59-53(56)47-44-41-38-35-32-29-22-20-17-14-11-8-5-2/h8,11,14,17,20,22,29,32-33,36,50H,4-7,9-10,12-13,15-16,18-19,21,23-28,30-31,34-35,37-49H2,1-3H3/b11-8-,17-14-,22-20-,32-29-,36-33-. The number of unbranched alkanes of at least 4 members (excludes halogenated alkanes) is 26. The summed E-state index contributed by atoms with van der Waals surface area (Å²) in [6.45, 7) is 6.41. The summed E-state index contributed by atoms with van der Waals surface area (Å²) in [6, 6.07) is 0. The molecule has 0 aromatic rings. The van der Waals surface area contributed by atoms with Gasteiger partial charge < -0.3 is 14.2 Å². The Bertz CT molecular complexity index is 1090. The number of ether oxygens (including phenoxy) is 3. The molecule has 0 bridgehead atoms. The lowest BCUT2D eigenvalue weighted by atomic mass is 10.0. The van der Waals surface area contributed by atoms with Gasteiger partial charge in [-0.3, -0.25) is 14.4 Å². The lowest BCUT2D eigenvalue weighted by molar-refractivity contribution is -0.167. The van der Waals surface area contributed by atoms with E-state index in [1.54, 1.807) is 0 Å². The summed E-state index contributed by atoms with van der Waals surface area (Å²) in [7, 11) is 0. The molecular formula is C53H92O6. The first-order chi connectivity index (χ1) is 29.0. The fraction of sp³-hybridized carbons (Fsp3) is 0.755. The highest BCUT2D eigenvalue weighted by atomic mass is 16.6. The van der Waals surface area contributed by atoms with E-state index in [9.17, 15) is 14.4 Å². The highest BCUT2D eigenvalue weighted by molar-refractivity contribution is 5.71. The van der Waals surface area contributed by atoms with E-state index in [2.05, 4.69) is 45.1 Å². The first-order valence-electron chi connectivity index (χ1n) is 24.8. The summed E-state index contributed by atoms with van der Waals surface area (Å²) in [6.07, 6.45) is 58.0. The van der Waals surface area contributed by atoms with E-state index >= 15 is 0 Å². The van der Waals surface area contributed by atoms with Crippen molar-refractivity contribution in [3.05, 3.63) is 60.8 Å². The van der Waals surface area contributed by atoms with Gasteiger partial charge in [0.1, 0.15) is 13.2 Å². The highest BCUT2D eigenvalue weighted by Crippen LogP contribution is 2.16. The Labute approximate surface area is 364 Å². The highest BCUT2D eigenvalue weighted by Gasteiger charge is 2.19. The van der Waals surface area contributed by atoms with E-state index in [-0.39, 0.29) is 37.5 Å². The lowest BCUT2D eigenvalue weighted by Crippen LogP contribution is -2.30. The third-order valence-electron chi connectivity index (χ3n) is 10.6. The van der Waals surface area contributed by atoms with Crippen LogP contribution in [0.15, 0.2) is 60.8 Å². The van der Waals surface area contributed by atoms with Crippen LogP contribution >= 0.6 is 0 Å². The molecule has 340 valence electrons. The van der Waals surface area contributed by atoms with Crippen molar-refractivity contribution in [2.75, 3.05) is 13.2 Å². The lowest BCUT2D eigenvalue weighted by Gasteiger charge is -2.18. The summed E-state index contributed by atoms with van der Waals surface area (Å²) in [5, 5.41) is 0. The topological polar surface area (TPSA) is 78.9 Å². The van der Waals surface area contributed by atoms with Crippen LogP contribution in [0.3, 0.4) is 0 Å². The number of rotatable bonds is 44. The fourth-order valence-corrected chi connectivity index (χ4v) is 6.87. The number of carbonyl (C=O) groups excluding carboxylic acids is 3. The van der Waals surface area contributed by atoms with E-state index < -0.39 is 6.10 Å². The summed E-state index contributed by atoms with van der Waals surface area (Å²) in [5.41, 5.74) is 0. The Morgan fingerprint density at radius 2 is 0.695 bits per heavy atom. The SMILES string of the molecule is CC\C=C/C=C\C=C/C=C\CCCCCC(=O)OC(COC(=O)CCC/C=C\CCCCCC)COC(=O)CCCCCCCCCCCCCCCCCCCCC. The molecule has 0 saturated heterocycles. The molecule has 1 atom stereocenters. The van der Waals surface area contributed by atoms with Crippen molar-refractivity contribution in [2.45, 2.75) is 245 Å². The van der Waals surface area contributed by atoms with Gasteiger partial charge in [0, 0.05) is 19.3 Å². The minimum Gasteiger partial charge on any atom is -0.462 e. The molecule has 0 aliphatic heterocycles. The summed E-state index contributed by atoms with van der Waals surface area (Å²) >= 11 is 0. The molecule has 0 aliphatic carbocycles. The third kappa shape index (κ3) is 46.0. The van der Waals surface area contributed by atoms with Crippen LogP contribution < -0.4 is 0 Å². The molecule has 0 spiro atoms. The maximum absolute atomic E-state index is 12.7. The van der Waals surface area contributed by atoms with Crippen LogP contribution in [0.4, 0.5) is 0 Å². The summed E-state index contributed by atoms with van der Waals surface area (Å²) in [4.78, 5) is 37.8. The second-order valence-corrected chi connectivity index (χ2v) is 16.4. The van der Waals surface area contributed by atoms with Crippen LogP contribution in [0.1, 0.15) is 239 Å². The summed E-state index contributed by atoms with van der Waals surface area (Å²) in [5.74, 6) is -0.972. The van der Waals surface area contributed by atoms with E-state index in [4.69, 9.17) is 14.2 Å². The van der Waals surface area contributed by atoms with Gasteiger partial charge in [0.2, 0.25) is 0 Å². The molecule has 6 nitrogen and oxygen atoms in total. The van der Waals surface area contributed by atoms with Crippen molar-refractivity contribution in [1.29, 1.82) is 0 Å². The minimum absolute atomic E-state index is 0.0971. The van der Waals surface area contributed by atoms with Crippen molar-refractivity contribution in [3.63, 3.8) is 0 Å². The van der Waals surface area contributed by atoms with Gasteiger partial charge in [0.15, 0.2) is 6.10 Å². The molecule has 0 aromatic carbocycles. The van der Waals surface area contributed by atoms with Crippen LogP contribution in [-0.4, -0.2) is 37.2 Å². The zero-order valence-electron chi connectivity index (χ0n) is 38.8. The predicted molar refractivity (Wildman–Crippen MR) is 251 cm³/mol. The second kappa shape index (κ2) is 47.8. The number of hydrogen-bond donors (Lipinski definition) is 0. The molecule has 0 heterocycles. The van der Waals surface area contributed by atoms with E-state index in [0.717, 1.165) is 57.8 Å². The van der Waals surface area contributed by atoms with Crippen molar-refractivity contribution in [1.82, 2.24) is 0 Å². The zero-order valence-corrected chi connectivity index (χ0v) is 38.8. The number of carbonyl (C=O) groups is 3. The molecule has 0 saturated carbocycles.